The quantitative estimate of drug-likeness (QED) is 0.461. The molecule has 0 atom stereocenters. The Morgan fingerprint density at radius 2 is 2.12 bits per heavy atom. The van der Waals surface area contributed by atoms with Crippen LogP contribution in [0.25, 0.3) is 6.08 Å². The smallest absolute Gasteiger partial charge is 0.244 e. The van der Waals surface area contributed by atoms with Crippen LogP contribution in [-0.2, 0) is 0 Å². The van der Waals surface area contributed by atoms with Gasteiger partial charge in [-0.15, -0.1) is 0 Å². The number of benzene rings is 1. The first-order chi connectivity index (χ1) is 8.27. The molecule has 0 radical (unpaired) electrons. The fraction of sp³-hybridized carbons (Fsp3) is 0.0833. The van der Waals surface area contributed by atoms with Crippen molar-refractivity contribution in [1.29, 1.82) is 0 Å². The second-order valence-electron chi connectivity index (χ2n) is 3.39. The average Bonchev–Trinajstić information content (AvgIpc) is 2.76. The highest BCUT2D eigenvalue weighted by molar-refractivity contribution is 5.49. The number of azo groups is 1. The van der Waals surface area contributed by atoms with Gasteiger partial charge in [0.2, 0.25) is 5.69 Å². The van der Waals surface area contributed by atoms with Crippen LogP contribution >= 0.6 is 0 Å². The summed E-state index contributed by atoms with van der Waals surface area (Å²) in [6.45, 7) is 1.81. The molecule has 5 nitrogen and oxygen atoms in total. The zero-order valence-electron chi connectivity index (χ0n) is 9.28. The molecule has 0 aliphatic heterocycles. The molecule has 2 rings (SSSR count). The van der Waals surface area contributed by atoms with Crippen molar-refractivity contribution >= 4 is 11.8 Å². The lowest BCUT2D eigenvalue weighted by molar-refractivity contribution is -0.436. The number of nitrogens with zero attached hydrogens (tertiary/aromatic N) is 3. The van der Waals surface area contributed by atoms with Crippen LogP contribution < -0.4 is 0 Å². The van der Waals surface area contributed by atoms with Crippen LogP contribution in [-0.4, -0.2) is 10.0 Å². The van der Waals surface area contributed by atoms with Gasteiger partial charge in [-0.2, -0.15) is 0 Å². The summed E-state index contributed by atoms with van der Waals surface area (Å²) in [6, 6.07) is 8.78. The molecule has 0 amide bonds. The van der Waals surface area contributed by atoms with Crippen LogP contribution in [0.5, 0.6) is 0 Å². The summed E-state index contributed by atoms with van der Waals surface area (Å²) in [5.41, 5.74) is 2.04. The van der Waals surface area contributed by atoms with E-state index in [1.165, 1.54) is 12.5 Å². The first-order valence-electron chi connectivity index (χ1n) is 5.08. The molecule has 1 heterocycles. The number of aryl methyl sites for hydroxylation is 1. The van der Waals surface area contributed by atoms with Crippen molar-refractivity contribution in [3.05, 3.63) is 59.3 Å². The molecule has 0 N–H and O–H groups in total. The minimum atomic E-state index is 0.485. The zero-order valence-corrected chi connectivity index (χ0v) is 9.28. The Morgan fingerprint density at radius 1 is 1.35 bits per heavy atom. The molecule has 0 unspecified atom stereocenters. The van der Waals surface area contributed by atoms with Crippen LogP contribution in [0.2, 0.25) is 0 Å². The molecule has 0 aliphatic carbocycles. The highest BCUT2D eigenvalue weighted by atomic mass is 16.5. The summed E-state index contributed by atoms with van der Waals surface area (Å²) < 4.78 is 4.75. The maximum absolute atomic E-state index is 11.5. The lowest BCUT2D eigenvalue weighted by atomic mass is 10.3. The van der Waals surface area contributed by atoms with Gasteiger partial charge >= 0.3 is 0 Å². The Balaban J connectivity index is 2.11. The number of rotatable bonds is 3. The van der Waals surface area contributed by atoms with Crippen molar-refractivity contribution in [3.8, 4) is 0 Å². The third-order valence-corrected chi connectivity index (χ3v) is 2.19. The zero-order chi connectivity index (χ0) is 12.1. The first-order valence-corrected chi connectivity index (χ1v) is 5.08. The number of aromatic nitrogens is 1. The van der Waals surface area contributed by atoms with Crippen LogP contribution in [0.4, 0.5) is 5.69 Å². The van der Waals surface area contributed by atoms with E-state index in [1.807, 2.05) is 13.0 Å². The third-order valence-electron chi connectivity index (χ3n) is 2.19. The third kappa shape index (κ3) is 2.78. The molecule has 5 heteroatoms. The molecule has 0 saturated heterocycles. The molecule has 0 aliphatic rings. The second kappa shape index (κ2) is 5.07. The van der Waals surface area contributed by atoms with E-state index >= 15 is 0 Å². The standard InChI is InChI=1S/C12H11N3O2/c1-10-11(9-17-14-10)7-8-13-15(16)12-5-3-2-4-6-12/h2-9H,1H3/b8-7+,15-13?. The topological polar surface area (TPSA) is 64.5 Å². The van der Waals surface area contributed by atoms with E-state index in [0.717, 1.165) is 11.3 Å². The van der Waals surface area contributed by atoms with E-state index in [2.05, 4.69) is 10.3 Å². The molecule has 0 fully saturated rings. The van der Waals surface area contributed by atoms with E-state index in [9.17, 15) is 5.21 Å². The molecular weight excluding hydrogens is 218 g/mol. The predicted molar refractivity (Wildman–Crippen MR) is 62.4 cm³/mol. The van der Waals surface area contributed by atoms with Crippen molar-refractivity contribution in [2.75, 3.05) is 0 Å². The Bertz CT molecular complexity index is 544. The van der Waals surface area contributed by atoms with Gasteiger partial charge in [0, 0.05) is 22.8 Å². The molecule has 1 aromatic heterocycles. The number of para-hydroxylation sites is 1. The summed E-state index contributed by atoms with van der Waals surface area (Å²) >= 11 is 0. The van der Waals surface area contributed by atoms with Gasteiger partial charge in [0.05, 0.1) is 11.9 Å². The van der Waals surface area contributed by atoms with Gasteiger partial charge in [0.15, 0.2) is 0 Å². The normalized spacial score (nSPS) is 12.2. The van der Waals surface area contributed by atoms with Crippen molar-refractivity contribution < 1.29 is 9.38 Å². The molecular formula is C12H11N3O2. The lowest BCUT2D eigenvalue weighted by Gasteiger charge is -1.96. The number of hydrogen-bond acceptors (Lipinski definition) is 4. The van der Waals surface area contributed by atoms with Gasteiger partial charge in [-0.3, -0.25) is 0 Å². The molecule has 0 saturated carbocycles. The Hall–Kier alpha value is -2.43. The Kier molecular flexibility index (Phi) is 3.30. The van der Waals surface area contributed by atoms with Crippen molar-refractivity contribution in [2.45, 2.75) is 6.92 Å². The lowest BCUT2D eigenvalue weighted by Crippen LogP contribution is -1.88. The summed E-state index contributed by atoms with van der Waals surface area (Å²) in [6.07, 6.45) is 4.58. The van der Waals surface area contributed by atoms with E-state index < -0.39 is 0 Å². The van der Waals surface area contributed by atoms with Gasteiger partial charge in [-0.1, -0.05) is 28.2 Å². The Morgan fingerprint density at radius 3 is 2.76 bits per heavy atom. The largest absolute Gasteiger partial charge is 0.594 e. The summed E-state index contributed by atoms with van der Waals surface area (Å²) in [5.74, 6) is 0. The molecule has 0 bridgehead atoms. The van der Waals surface area contributed by atoms with Crippen molar-refractivity contribution in [3.63, 3.8) is 0 Å². The predicted octanol–water partition coefficient (Wildman–Crippen LogP) is 3.25. The van der Waals surface area contributed by atoms with Gasteiger partial charge in [-0.05, 0) is 13.0 Å². The summed E-state index contributed by atoms with van der Waals surface area (Å²) in [5, 5.41) is 19.0. The maximum Gasteiger partial charge on any atom is 0.244 e. The maximum atomic E-state index is 11.5. The average molecular weight is 229 g/mol. The van der Waals surface area contributed by atoms with Crippen LogP contribution in [0.3, 0.4) is 0 Å². The second-order valence-corrected chi connectivity index (χ2v) is 3.39. The highest BCUT2D eigenvalue weighted by Crippen LogP contribution is 2.11. The first kappa shape index (κ1) is 11.1. The fourth-order valence-corrected chi connectivity index (χ4v) is 1.26. The molecule has 86 valence electrons. The number of hydrogen-bond donors (Lipinski definition) is 0. The van der Waals surface area contributed by atoms with Crippen molar-refractivity contribution in [1.82, 2.24) is 5.16 Å². The fourth-order valence-electron chi connectivity index (χ4n) is 1.26. The molecule has 0 spiro atoms. The van der Waals surface area contributed by atoms with Crippen LogP contribution in [0.15, 0.2) is 52.4 Å². The van der Waals surface area contributed by atoms with Crippen LogP contribution in [0.1, 0.15) is 11.3 Å². The van der Waals surface area contributed by atoms with Crippen LogP contribution in [0, 0.1) is 12.1 Å². The minimum absolute atomic E-state index is 0.485. The van der Waals surface area contributed by atoms with Gasteiger partial charge < -0.3 is 9.73 Å². The van der Waals surface area contributed by atoms with E-state index in [1.54, 1.807) is 30.3 Å². The summed E-state index contributed by atoms with van der Waals surface area (Å²) in [7, 11) is 0. The molecule has 1 aromatic carbocycles. The summed E-state index contributed by atoms with van der Waals surface area (Å²) in [4.78, 5) is 0.555. The molecule has 17 heavy (non-hydrogen) atoms. The Labute approximate surface area is 98.3 Å². The highest BCUT2D eigenvalue weighted by Gasteiger charge is 2.00. The van der Waals surface area contributed by atoms with E-state index in [0.29, 0.717) is 10.5 Å². The monoisotopic (exact) mass is 229 g/mol. The minimum Gasteiger partial charge on any atom is -0.594 e. The van der Waals surface area contributed by atoms with Crippen molar-refractivity contribution in [2.24, 2.45) is 5.11 Å². The molecule has 2 aromatic rings. The van der Waals surface area contributed by atoms with E-state index in [4.69, 9.17) is 4.52 Å². The van der Waals surface area contributed by atoms with Gasteiger partial charge in [0.1, 0.15) is 6.26 Å². The van der Waals surface area contributed by atoms with Gasteiger partial charge in [0.25, 0.3) is 0 Å². The van der Waals surface area contributed by atoms with E-state index in [-0.39, 0.29) is 0 Å². The SMILES string of the molecule is Cc1nocc1/C=C/N=[N+]([O-])c1ccccc1. The van der Waals surface area contributed by atoms with Gasteiger partial charge in [-0.25, -0.2) is 0 Å².